The van der Waals surface area contributed by atoms with Gasteiger partial charge in [-0.2, -0.15) is 24.9 Å². The molecule has 0 aromatic heterocycles. The monoisotopic (exact) mass is 300 g/mol. The lowest BCUT2D eigenvalue weighted by atomic mass is 10.1. The number of rotatable bonds is 9. The van der Waals surface area contributed by atoms with E-state index in [1.165, 1.54) is 11.8 Å². The first-order chi connectivity index (χ1) is 8.76. The Kier molecular flexibility index (Phi) is 9.31. The number of halogens is 3. The highest BCUT2D eigenvalue weighted by Gasteiger charge is 2.26. The van der Waals surface area contributed by atoms with Crippen LogP contribution in [0.4, 0.5) is 13.2 Å². The first kappa shape index (κ1) is 18.6. The zero-order valence-electron chi connectivity index (χ0n) is 11.8. The molecule has 0 rings (SSSR count). The van der Waals surface area contributed by atoms with Gasteiger partial charge in [-0.3, -0.25) is 4.79 Å². The Hall–Kier alpha value is -0.390. The number of carbonyl (C=O) groups excluding carboxylic acids is 1. The highest BCUT2D eigenvalue weighted by atomic mass is 32.2. The lowest BCUT2D eigenvalue weighted by Crippen LogP contribution is -2.22. The van der Waals surface area contributed by atoms with Crippen LogP contribution < -0.4 is 0 Å². The summed E-state index contributed by atoms with van der Waals surface area (Å²) < 4.78 is 41.1. The maximum atomic E-state index is 12.0. The van der Waals surface area contributed by atoms with E-state index < -0.39 is 12.6 Å². The van der Waals surface area contributed by atoms with Gasteiger partial charge in [0.15, 0.2) is 0 Å². The normalized spacial score (nSPS) is 13.6. The molecule has 6 heteroatoms. The maximum absolute atomic E-state index is 12.0. The Morgan fingerprint density at radius 3 is 2.42 bits per heavy atom. The van der Waals surface area contributed by atoms with Crippen LogP contribution in [0.25, 0.3) is 0 Å². The Balaban J connectivity index is 3.90. The molecular formula is C13H23F3O2S. The molecule has 0 aliphatic rings. The zero-order valence-corrected chi connectivity index (χ0v) is 12.6. The minimum Gasteiger partial charge on any atom is -0.464 e. The maximum Gasteiger partial charge on any atom is 0.389 e. The van der Waals surface area contributed by atoms with E-state index in [4.69, 9.17) is 4.74 Å². The smallest absolute Gasteiger partial charge is 0.389 e. The molecule has 0 saturated carbocycles. The number of esters is 1. The van der Waals surface area contributed by atoms with Gasteiger partial charge in [0.1, 0.15) is 6.61 Å². The van der Waals surface area contributed by atoms with E-state index in [0.29, 0.717) is 12.2 Å². The molecule has 1 atom stereocenters. The molecule has 0 spiro atoms. The molecule has 2 nitrogen and oxygen atoms in total. The summed E-state index contributed by atoms with van der Waals surface area (Å²) in [7, 11) is 0. The zero-order chi connectivity index (χ0) is 14.9. The van der Waals surface area contributed by atoms with Gasteiger partial charge in [-0.1, -0.05) is 20.8 Å². The van der Waals surface area contributed by atoms with E-state index in [9.17, 15) is 18.0 Å². The Bertz CT molecular complexity index is 255. The average Bonchev–Trinajstić information content (AvgIpc) is 2.26. The van der Waals surface area contributed by atoms with Crippen LogP contribution in [0.3, 0.4) is 0 Å². The minimum absolute atomic E-state index is 0.0639. The van der Waals surface area contributed by atoms with Crippen molar-refractivity contribution in [3.8, 4) is 0 Å². The predicted octanol–water partition coefficient (Wildman–Crippen LogP) is 4.43. The molecule has 0 aromatic carbocycles. The number of carbonyl (C=O) groups is 1. The summed E-state index contributed by atoms with van der Waals surface area (Å²) in [5.41, 5.74) is 0. The molecule has 1 unspecified atom stereocenters. The molecule has 0 N–H and O–H groups in total. The Morgan fingerprint density at radius 1 is 1.32 bits per heavy atom. The van der Waals surface area contributed by atoms with Gasteiger partial charge in [-0.05, 0) is 24.5 Å². The van der Waals surface area contributed by atoms with Crippen LogP contribution in [0.2, 0.25) is 0 Å². The van der Waals surface area contributed by atoms with E-state index in [2.05, 4.69) is 0 Å². The SMILES string of the molecule is CCCC(=O)OCC(SCCCC(F)(F)F)C(C)C. The standard InChI is InChI=1S/C13H23F3O2S/c1-4-6-12(17)18-9-11(10(2)3)19-8-5-7-13(14,15)16/h10-11H,4-9H2,1-3H3. The molecule has 0 aliphatic carbocycles. The largest absolute Gasteiger partial charge is 0.464 e. The highest BCUT2D eigenvalue weighted by molar-refractivity contribution is 7.99. The van der Waals surface area contributed by atoms with E-state index >= 15 is 0 Å². The van der Waals surface area contributed by atoms with Crippen molar-refractivity contribution in [2.45, 2.75) is 57.9 Å². The van der Waals surface area contributed by atoms with E-state index in [0.717, 1.165) is 6.42 Å². The summed E-state index contributed by atoms with van der Waals surface area (Å²) in [6.07, 6.45) is -3.59. The fourth-order valence-electron chi connectivity index (χ4n) is 1.39. The van der Waals surface area contributed by atoms with Crippen LogP contribution in [0, 0.1) is 5.92 Å². The third kappa shape index (κ3) is 11.2. The van der Waals surface area contributed by atoms with Crippen LogP contribution in [-0.2, 0) is 9.53 Å². The van der Waals surface area contributed by atoms with Crippen molar-refractivity contribution in [1.29, 1.82) is 0 Å². The van der Waals surface area contributed by atoms with Crippen molar-refractivity contribution in [2.75, 3.05) is 12.4 Å². The van der Waals surface area contributed by atoms with Crippen molar-refractivity contribution in [3.63, 3.8) is 0 Å². The Labute approximate surface area is 117 Å². The third-order valence-corrected chi connectivity index (χ3v) is 4.18. The fraction of sp³-hybridized carbons (Fsp3) is 0.923. The molecule has 0 aromatic rings. The molecule has 0 bridgehead atoms. The molecule has 19 heavy (non-hydrogen) atoms. The second kappa shape index (κ2) is 9.50. The first-order valence-electron chi connectivity index (χ1n) is 6.60. The van der Waals surface area contributed by atoms with E-state index in [1.807, 2.05) is 20.8 Å². The van der Waals surface area contributed by atoms with E-state index in [-0.39, 0.29) is 30.2 Å². The summed E-state index contributed by atoms with van der Waals surface area (Å²) in [4.78, 5) is 11.3. The van der Waals surface area contributed by atoms with Gasteiger partial charge in [0.25, 0.3) is 0 Å². The molecule has 0 heterocycles. The minimum atomic E-state index is -4.08. The second-order valence-electron chi connectivity index (χ2n) is 4.81. The van der Waals surface area contributed by atoms with Crippen molar-refractivity contribution in [1.82, 2.24) is 0 Å². The molecule has 0 radical (unpaired) electrons. The van der Waals surface area contributed by atoms with Crippen molar-refractivity contribution < 1.29 is 22.7 Å². The van der Waals surface area contributed by atoms with Gasteiger partial charge < -0.3 is 4.74 Å². The average molecular weight is 300 g/mol. The number of alkyl halides is 3. The topological polar surface area (TPSA) is 26.3 Å². The second-order valence-corrected chi connectivity index (χ2v) is 6.15. The van der Waals surface area contributed by atoms with Gasteiger partial charge in [0, 0.05) is 18.1 Å². The first-order valence-corrected chi connectivity index (χ1v) is 7.65. The van der Waals surface area contributed by atoms with Crippen LogP contribution in [0.15, 0.2) is 0 Å². The molecule has 114 valence electrons. The third-order valence-electron chi connectivity index (χ3n) is 2.54. The summed E-state index contributed by atoms with van der Waals surface area (Å²) in [5.74, 6) is 0.475. The lowest BCUT2D eigenvalue weighted by molar-refractivity contribution is -0.143. The Morgan fingerprint density at radius 2 is 1.95 bits per heavy atom. The van der Waals surface area contributed by atoms with Gasteiger partial charge >= 0.3 is 12.1 Å². The highest BCUT2D eigenvalue weighted by Crippen LogP contribution is 2.26. The number of hydrogen-bond acceptors (Lipinski definition) is 3. The van der Waals surface area contributed by atoms with Gasteiger partial charge in [0.05, 0.1) is 0 Å². The van der Waals surface area contributed by atoms with Gasteiger partial charge in [0.2, 0.25) is 0 Å². The van der Waals surface area contributed by atoms with Gasteiger partial charge in [-0.15, -0.1) is 0 Å². The van der Waals surface area contributed by atoms with Crippen LogP contribution in [-0.4, -0.2) is 29.8 Å². The van der Waals surface area contributed by atoms with Crippen LogP contribution >= 0.6 is 11.8 Å². The number of ether oxygens (including phenoxy) is 1. The predicted molar refractivity (Wildman–Crippen MR) is 72.2 cm³/mol. The molecule has 0 saturated heterocycles. The van der Waals surface area contributed by atoms with Crippen LogP contribution in [0.5, 0.6) is 0 Å². The molecule has 0 fully saturated rings. The van der Waals surface area contributed by atoms with E-state index in [1.54, 1.807) is 0 Å². The van der Waals surface area contributed by atoms with Gasteiger partial charge in [-0.25, -0.2) is 0 Å². The van der Waals surface area contributed by atoms with Crippen molar-refractivity contribution in [3.05, 3.63) is 0 Å². The van der Waals surface area contributed by atoms with Crippen LogP contribution in [0.1, 0.15) is 46.5 Å². The molecular weight excluding hydrogens is 277 g/mol. The number of hydrogen-bond donors (Lipinski definition) is 0. The lowest BCUT2D eigenvalue weighted by Gasteiger charge is -2.20. The van der Waals surface area contributed by atoms with Crippen molar-refractivity contribution >= 4 is 17.7 Å². The summed E-state index contributed by atoms with van der Waals surface area (Å²) in [5, 5.41) is 0.0639. The quantitative estimate of drug-likeness (QED) is 0.465. The fourth-order valence-corrected chi connectivity index (χ4v) is 2.55. The summed E-state index contributed by atoms with van der Waals surface area (Å²) in [6, 6.07) is 0. The molecule has 0 amide bonds. The number of thioether (sulfide) groups is 1. The molecule has 0 aliphatic heterocycles. The van der Waals surface area contributed by atoms with Crippen molar-refractivity contribution in [2.24, 2.45) is 5.92 Å². The summed E-state index contributed by atoms with van der Waals surface area (Å²) >= 11 is 1.45. The summed E-state index contributed by atoms with van der Waals surface area (Å²) in [6.45, 7) is 6.14.